The van der Waals surface area contributed by atoms with E-state index in [9.17, 15) is 9.59 Å². The van der Waals surface area contributed by atoms with Gasteiger partial charge in [0.25, 0.3) is 0 Å². The molecule has 5 nitrogen and oxygen atoms in total. The third-order valence-corrected chi connectivity index (χ3v) is 3.67. The number of nitrogens with one attached hydrogen (secondary N) is 3. The third kappa shape index (κ3) is 6.57. The van der Waals surface area contributed by atoms with Crippen LogP contribution in [0.3, 0.4) is 0 Å². The summed E-state index contributed by atoms with van der Waals surface area (Å²) in [6.07, 6.45) is 3.80. The van der Waals surface area contributed by atoms with Crippen molar-refractivity contribution in [2.45, 2.75) is 39.5 Å². The van der Waals surface area contributed by atoms with Gasteiger partial charge in [-0.2, -0.15) is 0 Å². The minimum Gasteiger partial charge on any atom is -0.355 e. The van der Waals surface area contributed by atoms with Gasteiger partial charge in [0.1, 0.15) is 0 Å². The Kier molecular flexibility index (Phi) is 7.48. The van der Waals surface area contributed by atoms with Gasteiger partial charge in [0.05, 0.1) is 6.54 Å². The van der Waals surface area contributed by atoms with Gasteiger partial charge in [-0.05, 0) is 44.2 Å². The molecule has 0 aromatic rings. The molecule has 1 rings (SSSR count). The van der Waals surface area contributed by atoms with Crippen LogP contribution < -0.4 is 16.0 Å². The quantitative estimate of drug-likeness (QED) is 0.636. The van der Waals surface area contributed by atoms with Crippen LogP contribution in [-0.2, 0) is 9.59 Å². The van der Waals surface area contributed by atoms with Crippen LogP contribution in [0.2, 0.25) is 0 Å². The normalized spacial score (nSPS) is 20.6. The molecule has 1 saturated heterocycles. The van der Waals surface area contributed by atoms with Crippen molar-refractivity contribution in [2.24, 2.45) is 11.8 Å². The monoisotopic (exact) mass is 269 g/mol. The molecule has 0 bridgehead atoms. The molecule has 2 amide bonds. The van der Waals surface area contributed by atoms with E-state index in [2.05, 4.69) is 22.9 Å². The van der Waals surface area contributed by atoms with Gasteiger partial charge < -0.3 is 16.0 Å². The topological polar surface area (TPSA) is 70.2 Å². The summed E-state index contributed by atoms with van der Waals surface area (Å²) in [4.78, 5) is 23.1. The van der Waals surface area contributed by atoms with Gasteiger partial charge in [-0.25, -0.2) is 0 Å². The molecule has 0 radical (unpaired) electrons. The average molecular weight is 269 g/mol. The van der Waals surface area contributed by atoms with Crippen LogP contribution in [0.1, 0.15) is 39.5 Å². The molecule has 1 fully saturated rings. The minimum absolute atomic E-state index is 0.0234. The fourth-order valence-electron chi connectivity index (χ4n) is 2.40. The zero-order chi connectivity index (χ0) is 14.1. The Labute approximate surface area is 115 Å². The summed E-state index contributed by atoms with van der Waals surface area (Å²) in [5, 5.41) is 8.80. The SMILES string of the molecule is CCCNC(=O)CNC(=O)CC(C)C1CCCNC1. The molecule has 19 heavy (non-hydrogen) atoms. The molecule has 0 aromatic heterocycles. The Balaban J connectivity index is 2.17. The lowest BCUT2D eigenvalue weighted by molar-refractivity contribution is -0.126. The summed E-state index contributed by atoms with van der Waals surface area (Å²) < 4.78 is 0. The van der Waals surface area contributed by atoms with Crippen LogP contribution in [0.25, 0.3) is 0 Å². The highest BCUT2D eigenvalue weighted by Crippen LogP contribution is 2.22. The Morgan fingerprint density at radius 1 is 1.32 bits per heavy atom. The molecule has 0 aliphatic carbocycles. The smallest absolute Gasteiger partial charge is 0.239 e. The van der Waals surface area contributed by atoms with E-state index in [1.165, 1.54) is 12.8 Å². The van der Waals surface area contributed by atoms with E-state index in [-0.39, 0.29) is 18.4 Å². The number of piperidine rings is 1. The molecule has 1 aliphatic rings. The summed E-state index contributed by atoms with van der Waals surface area (Å²) in [5.74, 6) is 0.812. The fraction of sp³-hybridized carbons (Fsp3) is 0.857. The van der Waals surface area contributed by atoms with Crippen molar-refractivity contribution in [3.05, 3.63) is 0 Å². The molecule has 0 saturated carbocycles. The van der Waals surface area contributed by atoms with Gasteiger partial charge in [0.15, 0.2) is 0 Å². The summed E-state index contributed by atoms with van der Waals surface area (Å²) >= 11 is 0. The Morgan fingerprint density at radius 3 is 2.74 bits per heavy atom. The first kappa shape index (κ1) is 16.0. The molecule has 1 heterocycles. The first-order valence-electron chi connectivity index (χ1n) is 7.37. The zero-order valence-electron chi connectivity index (χ0n) is 12.1. The van der Waals surface area contributed by atoms with E-state index in [1.807, 2.05) is 6.92 Å². The number of amides is 2. The number of rotatable bonds is 7. The van der Waals surface area contributed by atoms with E-state index in [0.717, 1.165) is 19.5 Å². The highest BCUT2D eigenvalue weighted by Gasteiger charge is 2.21. The molecular weight excluding hydrogens is 242 g/mol. The Morgan fingerprint density at radius 2 is 2.11 bits per heavy atom. The molecular formula is C14H27N3O2. The lowest BCUT2D eigenvalue weighted by Crippen LogP contribution is -2.39. The number of carbonyl (C=O) groups is 2. The summed E-state index contributed by atoms with van der Waals surface area (Å²) in [6, 6.07) is 0. The van der Waals surface area contributed by atoms with Crippen molar-refractivity contribution in [2.75, 3.05) is 26.2 Å². The molecule has 0 aromatic carbocycles. The van der Waals surface area contributed by atoms with Gasteiger partial charge in [0, 0.05) is 13.0 Å². The maximum atomic E-state index is 11.8. The molecule has 1 aliphatic heterocycles. The predicted molar refractivity (Wildman–Crippen MR) is 75.7 cm³/mol. The van der Waals surface area contributed by atoms with Gasteiger partial charge in [0.2, 0.25) is 11.8 Å². The lowest BCUT2D eigenvalue weighted by atomic mass is 9.85. The van der Waals surface area contributed by atoms with E-state index < -0.39 is 0 Å². The van der Waals surface area contributed by atoms with Crippen LogP contribution in [-0.4, -0.2) is 38.0 Å². The van der Waals surface area contributed by atoms with Gasteiger partial charge in [-0.3, -0.25) is 9.59 Å². The van der Waals surface area contributed by atoms with Crippen molar-refractivity contribution < 1.29 is 9.59 Å². The van der Waals surface area contributed by atoms with E-state index >= 15 is 0 Å². The van der Waals surface area contributed by atoms with Crippen LogP contribution in [0, 0.1) is 11.8 Å². The minimum atomic E-state index is -0.109. The maximum absolute atomic E-state index is 11.8. The van der Waals surface area contributed by atoms with Gasteiger partial charge in [-0.15, -0.1) is 0 Å². The predicted octanol–water partition coefficient (Wildman–Crippen LogP) is 0.655. The maximum Gasteiger partial charge on any atom is 0.239 e. The highest BCUT2D eigenvalue weighted by atomic mass is 16.2. The summed E-state index contributed by atoms with van der Waals surface area (Å²) in [5.41, 5.74) is 0. The van der Waals surface area contributed by atoms with Gasteiger partial charge in [-0.1, -0.05) is 13.8 Å². The standard InChI is InChI=1S/C14H27N3O2/c1-3-6-16-14(19)10-17-13(18)8-11(2)12-5-4-7-15-9-12/h11-12,15H,3-10H2,1-2H3,(H,16,19)(H,17,18). The van der Waals surface area contributed by atoms with Crippen molar-refractivity contribution in [3.63, 3.8) is 0 Å². The second-order valence-corrected chi connectivity index (χ2v) is 5.41. The first-order valence-corrected chi connectivity index (χ1v) is 7.37. The molecule has 2 atom stereocenters. The summed E-state index contributed by atoms with van der Waals surface area (Å²) in [7, 11) is 0. The van der Waals surface area contributed by atoms with Crippen LogP contribution in [0.5, 0.6) is 0 Å². The number of hydrogen-bond acceptors (Lipinski definition) is 3. The average Bonchev–Trinajstić information content (AvgIpc) is 2.43. The number of hydrogen-bond donors (Lipinski definition) is 3. The Hall–Kier alpha value is -1.10. The van der Waals surface area contributed by atoms with Crippen molar-refractivity contribution in [1.29, 1.82) is 0 Å². The second-order valence-electron chi connectivity index (χ2n) is 5.41. The van der Waals surface area contributed by atoms with Crippen LogP contribution >= 0.6 is 0 Å². The van der Waals surface area contributed by atoms with E-state index in [4.69, 9.17) is 0 Å². The fourth-order valence-corrected chi connectivity index (χ4v) is 2.40. The van der Waals surface area contributed by atoms with Crippen molar-refractivity contribution in [1.82, 2.24) is 16.0 Å². The second kappa shape index (κ2) is 8.91. The van der Waals surface area contributed by atoms with Crippen LogP contribution in [0.15, 0.2) is 0 Å². The van der Waals surface area contributed by atoms with Crippen molar-refractivity contribution in [3.8, 4) is 0 Å². The molecule has 0 spiro atoms. The summed E-state index contributed by atoms with van der Waals surface area (Å²) in [6.45, 7) is 6.97. The van der Waals surface area contributed by atoms with Crippen molar-refractivity contribution >= 4 is 11.8 Å². The highest BCUT2D eigenvalue weighted by molar-refractivity contribution is 5.84. The molecule has 3 N–H and O–H groups in total. The third-order valence-electron chi connectivity index (χ3n) is 3.67. The van der Waals surface area contributed by atoms with Crippen LogP contribution in [0.4, 0.5) is 0 Å². The van der Waals surface area contributed by atoms with E-state index in [0.29, 0.717) is 24.8 Å². The largest absolute Gasteiger partial charge is 0.355 e. The Bertz CT molecular complexity index is 288. The first-order chi connectivity index (χ1) is 9.13. The molecule has 2 unspecified atom stereocenters. The molecule has 5 heteroatoms. The van der Waals surface area contributed by atoms with E-state index in [1.54, 1.807) is 0 Å². The lowest BCUT2D eigenvalue weighted by Gasteiger charge is -2.27. The molecule has 110 valence electrons. The van der Waals surface area contributed by atoms with Gasteiger partial charge >= 0.3 is 0 Å². The zero-order valence-corrected chi connectivity index (χ0v) is 12.1. The number of carbonyl (C=O) groups excluding carboxylic acids is 2.